The third-order valence-electron chi connectivity index (χ3n) is 6.39. The van der Waals surface area contributed by atoms with E-state index in [1.165, 1.54) is 29.1 Å². The Morgan fingerprint density at radius 2 is 1.85 bits per heavy atom. The standard InChI is InChI=1S/C24H28N10O6S/c25-9-12-4-3-5-13(8-12)30-24-31-20(27)17-21(32-24)34(11-28-17)23-19(36)18(35)16(40-23)10-29-41(38,39)33-22(37)14-6-1-2-7-15(14)26/h1-8,11,16,18-19,23,29,35-36H,9-10,25-26H2,(H,33,37)(H3,27,30,31,32)/t16-,18-,19-,23-/m1/s1. The van der Waals surface area contributed by atoms with Gasteiger partial charge in [-0.05, 0) is 29.8 Å². The van der Waals surface area contributed by atoms with Crippen molar-refractivity contribution in [2.24, 2.45) is 5.73 Å². The summed E-state index contributed by atoms with van der Waals surface area (Å²) in [5, 5.41) is 24.4. The molecule has 216 valence electrons. The number of anilines is 4. The lowest BCUT2D eigenvalue weighted by Crippen LogP contribution is -2.45. The van der Waals surface area contributed by atoms with Crippen molar-refractivity contribution in [3.8, 4) is 0 Å². The molecule has 1 aliphatic rings. The van der Waals surface area contributed by atoms with E-state index in [0.717, 1.165) is 5.56 Å². The average Bonchev–Trinajstić information content (AvgIpc) is 3.48. The van der Waals surface area contributed by atoms with E-state index in [-0.39, 0.29) is 34.2 Å². The highest BCUT2D eigenvalue weighted by molar-refractivity contribution is 7.88. The number of carbonyl (C=O) groups is 1. The second-order valence-electron chi connectivity index (χ2n) is 9.20. The van der Waals surface area contributed by atoms with Gasteiger partial charge in [-0.2, -0.15) is 23.1 Å². The molecule has 5 rings (SSSR count). The molecule has 4 atom stereocenters. The minimum atomic E-state index is -4.38. The molecule has 1 amide bonds. The van der Waals surface area contributed by atoms with Crippen molar-refractivity contribution < 1.29 is 28.2 Å². The zero-order chi connectivity index (χ0) is 29.3. The Kier molecular flexibility index (Phi) is 7.72. The van der Waals surface area contributed by atoms with Crippen molar-refractivity contribution >= 4 is 50.4 Å². The van der Waals surface area contributed by atoms with E-state index in [9.17, 15) is 23.4 Å². The van der Waals surface area contributed by atoms with Gasteiger partial charge in [0.1, 0.15) is 23.8 Å². The van der Waals surface area contributed by atoms with Crippen LogP contribution in [0.15, 0.2) is 54.9 Å². The number of para-hydroxylation sites is 1. The molecule has 0 saturated carbocycles. The summed E-state index contributed by atoms with van der Waals surface area (Å²) in [6.07, 6.45) is -4.08. The quantitative estimate of drug-likeness (QED) is 0.111. The summed E-state index contributed by atoms with van der Waals surface area (Å²) >= 11 is 0. The van der Waals surface area contributed by atoms with Crippen LogP contribution in [0.1, 0.15) is 22.1 Å². The summed E-state index contributed by atoms with van der Waals surface area (Å²) in [4.78, 5) is 25.2. The zero-order valence-corrected chi connectivity index (χ0v) is 22.2. The first-order valence-corrected chi connectivity index (χ1v) is 13.8. The Labute approximate surface area is 233 Å². The number of hydrogen-bond donors (Lipinski definition) is 8. The molecule has 3 heterocycles. The fourth-order valence-electron chi connectivity index (χ4n) is 4.32. The number of hydrogen-bond acceptors (Lipinski definition) is 13. The number of imidazole rings is 1. The molecule has 16 nitrogen and oxygen atoms in total. The van der Waals surface area contributed by atoms with Crippen LogP contribution >= 0.6 is 0 Å². The van der Waals surface area contributed by atoms with Gasteiger partial charge in [-0.3, -0.25) is 9.36 Å². The maximum atomic E-state index is 12.5. The molecular weight excluding hydrogens is 556 g/mol. The van der Waals surface area contributed by atoms with Gasteiger partial charge in [0.15, 0.2) is 17.7 Å². The van der Waals surface area contributed by atoms with Gasteiger partial charge >= 0.3 is 10.2 Å². The molecule has 1 aliphatic heterocycles. The second-order valence-corrected chi connectivity index (χ2v) is 10.7. The smallest absolute Gasteiger partial charge is 0.301 e. The molecule has 0 unspecified atom stereocenters. The SMILES string of the molecule is NCc1cccc(Nc2nc(N)c3ncn([C@@H]4O[C@H](CNS(=O)(=O)NC(=O)c5ccccc5N)[C@@H](O)[C@H]4O)c3n2)c1. The maximum Gasteiger partial charge on any atom is 0.301 e. The fraction of sp³-hybridized carbons (Fsp3) is 0.250. The predicted octanol–water partition coefficient (Wildman–Crippen LogP) is -0.923. The topological polar surface area (TPSA) is 259 Å². The van der Waals surface area contributed by atoms with Crippen LogP contribution in [0, 0.1) is 0 Å². The molecule has 1 saturated heterocycles. The third-order valence-corrected chi connectivity index (χ3v) is 7.39. The minimum Gasteiger partial charge on any atom is -0.398 e. The number of nitrogens with one attached hydrogen (secondary N) is 3. The first kappa shape index (κ1) is 28.1. The number of carbonyl (C=O) groups excluding carboxylic acids is 1. The first-order valence-electron chi connectivity index (χ1n) is 12.3. The molecule has 0 aliphatic carbocycles. The van der Waals surface area contributed by atoms with Crippen LogP contribution in [0.5, 0.6) is 0 Å². The Bertz CT molecular complexity index is 1700. The van der Waals surface area contributed by atoms with E-state index in [1.54, 1.807) is 12.1 Å². The van der Waals surface area contributed by atoms with Crippen LogP contribution in [0.3, 0.4) is 0 Å². The van der Waals surface area contributed by atoms with Gasteiger partial charge in [-0.25, -0.2) is 9.71 Å². The van der Waals surface area contributed by atoms with E-state index in [1.807, 2.05) is 22.9 Å². The van der Waals surface area contributed by atoms with Crippen LogP contribution in [0.2, 0.25) is 0 Å². The van der Waals surface area contributed by atoms with Crippen molar-refractivity contribution in [2.45, 2.75) is 31.1 Å². The highest BCUT2D eigenvalue weighted by Crippen LogP contribution is 2.32. The maximum absolute atomic E-state index is 12.5. The van der Waals surface area contributed by atoms with Crippen molar-refractivity contribution in [3.05, 3.63) is 66.0 Å². The van der Waals surface area contributed by atoms with Crippen molar-refractivity contribution in [1.82, 2.24) is 29.0 Å². The summed E-state index contributed by atoms with van der Waals surface area (Å²) in [5.41, 5.74) is 19.6. The zero-order valence-electron chi connectivity index (χ0n) is 21.4. The lowest BCUT2D eigenvalue weighted by molar-refractivity contribution is -0.0330. The molecule has 17 heteroatoms. The van der Waals surface area contributed by atoms with Gasteiger partial charge in [0.05, 0.1) is 11.9 Å². The molecule has 0 spiro atoms. The number of nitrogens with zero attached hydrogens (tertiary/aromatic N) is 4. The molecular formula is C24H28N10O6S. The van der Waals surface area contributed by atoms with Crippen LogP contribution in [0.4, 0.5) is 23.1 Å². The fourth-order valence-corrected chi connectivity index (χ4v) is 5.13. The minimum absolute atomic E-state index is 0.0281. The predicted molar refractivity (Wildman–Crippen MR) is 149 cm³/mol. The van der Waals surface area contributed by atoms with E-state index >= 15 is 0 Å². The normalized spacial score (nSPS) is 20.8. The van der Waals surface area contributed by atoms with Gasteiger partial charge < -0.3 is 37.5 Å². The van der Waals surface area contributed by atoms with Crippen molar-refractivity contribution in [1.29, 1.82) is 0 Å². The molecule has 1 fully saturated rings. The number of fused-ring (bicyclic) bond motifs is 1. The van der Waals surface area contributed by atoms with Crippen LogP contribution in [-0.2, 0) is 21.5 Å². The van der Waals surface area contributed by atoms with Gasteiger partial charge in [0.2, 0.25) is 5.95 Å². The number of amides is 1. The molecule has 4 aromatic rings. The van der Waals surface area contributed by atoms with E-state index in [2.05, 4.69) is 25.0 Å². The molecule has 41 heavy (non-hydrogen) atoms. The average molecular weight is 585 g/mol. The molecule has 0 bridgehead atoms. The summed E-state index contributed by atoms with van der Waals surface area (Å²) in [5.74, 6) is -0.751. The number of nitrogens with two attached hydrogens (primary N) is 3. The molecule has 0 radical (unpaired) electrons. The summed E-state index contributed by atoms with van der Waals surface area (Å²) in [6.45, 7) is -0.134. The van der Waals surface area contributed by atoms with Crippen LogP contribution < -0.4 is 32.0 Å². The van der Waals surface area contributed by atoms with Gasteiger partial charge in [-0.1, -0.05) is 24.3 Å². The number of benzene rings is 2. The number of aromatic nitrogens is 4. The van der Waals surface area contributed by atoms with Crippen molar-refractivity contribution in [2.75, 3.05) is 23.3 Å². The Morgan fingerprint density at radius 3 is 2.61 bits per heavy atom. The largest absolute Gasteiger partial charge is 0.398 e. The van der Waals surface area contributed by atoms with Gasteiger partial charge in [0, 0.05) is 24.5 Å². The molecule has 2 aromatic carbocycles. The lowest BCUT2D eigenvalue weighted by atomic mass is 10.1. The Morgan fingerprint density at radius 1 is 1.07 bits per heavy atom. The number of ether oxygens (including phenoxy) is 1. The molecule has 2 aromatic heterocycles. The van der Waals surface area contributed by atoms with Crippen molar-refractivity contribution in [3.63, 3.8) is 0 Å². The Balaban J connectivity index is 1.31. The first-order chi connectivity index (χ1) is 19.6. The highest BCUT2D eigenvalue weighted by Gasteiger charge is 2.44. The number of aliphatic hydroxyl groups excluding tert-OH is 2. The van der Waals surface area contributed by atoms with Crippen LogP contribution in [0.25, 0.3) is 11.2 Å². The lowest BCUT2D eigenvalue weighted by Gasteiger charge is -2.17. The van der Waals surface area contributed by atoms with Crippen LogP contribution in [-0.4, -0.2) is 68.9 Å². The Hall–Kier alpha value is -4.39. The number of nitrogen functional groups attached to an aromatic ring is 2. The summed E-state index contributed by atoms with van der Waals surface area (Å²) in [7, 11) is -4.38. The third kappa shape index (κ3) is 5.89. The molecule has 11 N–H and O–H groups in total. The monoisotopic (exact) mass is 584 g/mol. The number of aliphatic hydroxyl groups is 2. The van der Waals surface area contributed by atoms with E-state index in [4.69, 9.17) is 21.9 Å². The van der Waals surface area contributed by atoms with Gasteiger partial charge in [-0.15, -0.1) is 0 Å². The van der Waals surface area contributed by atoms with E-state index in [0.29, 0.717) is 12.2 Å². The highest BCUT2D eigenvalue weighted by atomic mass is 32.2. The van der Waals surface area contributed by atoms with E-state index < -0.39 is 47.2 Å². The van der Waals surface area contributed by atoms with Gasteiger partial charge in [0.25, 0.3) is 5.91 Å². The summed E-state index contributed by atoms with van der Waals surface area (Å²) in [6, 6.07) is 13.3. The summed E-state index contributed by atoms with van der Waals surface area (Å²) < 4.78 is 36.1. The second kappa shape index (κ2) is 11.2. The number of rotatable bonds is 9.